The average Bonchev–Trinajstić information content (AvgIpc) is 2.17. The van der Waals surface area contributed by atoms with Crippen molar-refractivity contribution < 1.29 is 4.74 Å². The number of ether oxygens (including phenoxy) is 1. The lowest BCUT2D eigenvalue weighted by molar-refractivity contribution is 0.0161. The lowest BCUT2D eigenvalue weighted by atomic mass is 9.93. The molecule has 0 aromatic heterocycles. The smallest absolute Gasteiger partial charge is 0.0844 e. The summed E-state index contributed by atoms with van der Waals surface area (Å²) in [6.07, 6.45) is 2.11. The molecule has 1 saturated heterocycles. The molecule has 1 aromatic rings. The Morgan fingerprint density at radius 3 is 2.53 bits per heavy atom. The number of hydrogen-bond donors (Lipinski definition) is 0. The van der Waals surface area contributed by atoms with Crippen molar-refractivity contribution in [2.24, 2.45) is 0 Å². The molecule has 0 amide bonds. The SMILES string of the molecule is Cc1cccc(C)c1C1CC(Cl)CCO1. The molecule has 15 heavy (non-hydrogen) atoms. The van der Waals surface area contributed by atoms with Crippen LogP contribution in [0, 0.1) is 13.8 Å². The van der Waals surface area contributed by atoms with Gasteiger partial charge in [0, 0.05) is 12.0 Å². The number of aryl methyl sites for hydroxylation is 2. The van der Waals surface area contributed by atoms with Gasteiger partial charge in [-0.15, -0.1) is 11.6 Å². The predicted octanol–water partition coefficient (Wildman–Crippen LogP) is 3.76. The van der Waals surface area contributed by atoms with Gasteiger partial charge in [0.15, 0.2) is 0 Å². The number of benzene rings is 1. The van der Waals surface area contributed by atoms with E-state index in [-0.39, 0.29) is 11.5 Å². The van der Waals surface area contributed by atoms with E-state index in [0.29, 0.717) is 0 Å². The van der Waals surface area contributed by atoms with E-state index < -0.39 is 0 Å². The minimum absolute atomic E-state index is 0.197. The first-order valence-electron chi connectivity index (χ1n) is 5.50. The third-order valence-corrected chi connectivity index (χ3v) is 3.48. The van der Waals surface area contributed by atoms with E-state index in [1.807, 2.05) is 0 Å². The normalized spacial score (nSPS) is 26.6. The van der Waals surface area contributed by atoms with Crippen LogP contribution in [0.25, 0.3) is 0 Å². The topological polar surface area (TPSA) is 9.23 Å². The van der Waals surface area contributed by atoms with Crippen LogP contribution >= 0.6 is 11.6 Å². The van der Waals surface area contributed by atoms with Gasteiger partial charge in [-0.2, -0.15) is 0 Å². The van der Waals surface area contributed by atoms with Crippen LogP contribution < -0.4 is 0 Å². The quantitative estimate of drug-likeness (QED) is 0.660. The number of hydrogen-bond acceptors (Lipinski definition) is 1. The molecule has 0 aliphatic carbocycles. The van der Waals surface area contributed by atoms with E-state index in [2.05, 4.69) is 32.0 Å². The molecular weight excluding hydrogens is 208 g/mol. The maximum Gasteiger partial charge on any atom is 0.0844 e. The van der Waals surface area contributed by atoms with Crippen LogP contribution in [-0.2, 0) is 4.74 Å². The Morgan fingerprint density at radius 2 is 1.93 bits per heavy atom. The van der Waals surface area contributed by atoms with Gasteiger partial charge >= 0.3 is 0 Å². The molecule has 2 atom stereocenters. The fourth-order valence-corrected chi connectivity index (χ4v) is 2.54. The highest BCUT2D eigenvalue weighted by Gasteiger charge is 2.24. The summed E-state index contributed by atoms with van der Waals surface area (Å²) in [5.41, 5.74) is 3.96. The molecule has 1 aliphatic heterocycles. The Morgan fingerprint density at radius 1 is 1.27 bits per heavy atom. The summed E-state index contributed by atoms with van der Waals surface area (Å²) < 4.78 is 5.81. The van der Waals surface area contributed by atoms with E-state index in [4.69, 9.17) is 16.3 Å². The fraction of sp³-hybridized carbons (Fsp3) is 0.538. The van der Waals surface area contributed by atoms with Crippen LogP contribution in [0.3, 0.4) is 0 Å². The van der Waals surface area contributed by atoms with E-state index in [1.165, 1.54) is 16.7 Å². The highest BCUT2D eigenvalue weighted by Crippen LogP contribution is 2.34. The first kappa shape index (κ1) is 11.0. The minimum atomic E-state index is 0.197. The van der Waals surface area contributed by atoms with Gasteiger partial charge in [0.1, 0.15) is 0 Å². The molecule has 1 fully saturated rings. The van der Waals surface area contributed by atoms with Gasteiger partial charge < -0.3 is 4.74 Å². The fourth-order valence-electron chi connectivity index (χ4n) is 2.29. The summed E-state index contributed by atoms with van der Waals surface area (Å²) in [7, 11) is 0. The average molecular weight is 225 g/mol. The maximum atomic E-state index is 6.19. The molecule has 1 aliphatic rings. The molecule has 82 valence electrons. The van der Waals surface area contributed by atoms with Gasteiger partial charge in [-0.05, 0) is 43.4 Å². The van der Waals surface area contributed by atoms with Crippen LogP contribution in [0.4, 0.5) is 0 Å². The maximum absolute atomic E-state index is 6.19. The molecule has 0 spiro atoms. The van der Waals surface area contributed by atoms with Crippen molar-refractivity contribution in [1.82, 2.24) is 0 Å². The number of alkyl halides is 1. The Kier molecular flexibility index (Phi) is 3.32. The molecule has 0 radical (unpaired) electrons. The second-order valence-electron chi connectivity index (χ2n) is 4.29. The summed E-state index contributed by atoms with van der Waals surface area (Å²) in [4.78, 5) is 0. The Hall–Kier alpha value is -0.530. The summed E-state index contributed by atoms with van der Waals surface area (Å²) in [6, 6.07) is 6.38. The van der Waals surface area contributed by atoms with Gasteiger partial charge in [0.25, 0.3) is 0 Å². The van der Waals surface area contributed by atoms with E-state index in [0.717, 1.165) is 19.4 Å². The van der Waals surface area contributed by atoms with E-state index in [9.17, 15) is 0 Å². The first-order valence-corrected chi connectivity index (χ1v) is 5.94. The van der Waals surface area contributed by atoms with E-state index >= 15 is 0 Å². The van der Waals surface area contributed by atoms with Crippen molar-refractivity contribution in [3.8, 4) is 0 Å². The van der Waals surface area contributed by atoms with Crippen molar-refractivity contribution in [2.45, 2.75) is 38.2 Å². The summed E-state index contributed by atoms with van der Waals surface area (Å²) in [5.74, 6) is 0. The zero-order chi connectivity index (χ0) is 10.8. The predicted molar refractivity (Wildman–Crippen MR) is 63.5 cm³/mol. The summed E-state index contributed by atoms with van der Waals surface area (Å²) in [5, 5.41) is 0.266. The largest absolute Gasteiger partial charge is 0.373 e. The summed E-state index contributed by atoms with van der Waals surface area (Å²) in [6.45, 7) is 5.07. The number of halogens is 1. The first-order chi connectivity index (χ1) is 7.18. The van der Waals surface area contributed by atoms with Gasteiger partial charge in [0.2, 0.25) is 0 Å². The lowest BCUT2D eigenvalue weighted by Crippen LogP contribution is -2.21. The van der Waals surface area contributed by atoms with Gasteiger partial charge in [-0.3, -0.25) is 0 Å². The van der Waals surface area contributed by atoms with E-state index in [1.54, 1.807) is 0 Å². The van der Waals surface area contributed by atoms with Crippen molar-refractivity contribution in [3.63, 3.8) is 0 Å². The van der Waals surface area contributed by atoms with Crippen LogP contribution in [-0.4, -0.2) is 12.0 Å². The van der Waals surface area contributed by atoms with Crippen LogP contribution in [0.1, 0.15) is 35.6 Å². The second-order valence-corrected chi connectivity index (χ2v) is 4.90. The van der Waals surface area contributed by atoms with Gasteiger partial charge in [-0.25, -0.2) is 0 Å². The number of rotatable bonds is 1. The summed E-state index contributed by atoms with van der Waals surface area (Å²) >= 11 is 6.19. The second kappa shape index (κ2) is 4.54. The van der Waals surface area contributed by atoms with Crippen molar-refractivity contribution in [2.75, 3.05) is 6.61 Å². The highest BCUT2D eigenvalue weighted by molar-refractivity contribution is 6.20. The van der Waals surface area contributed by atoms with Crippen LogP contribution in [0.15, 0.2) is 18.2 Å². The lowest BCUT2D eigenvalue weighted by Gasteiger charge is -2.28. The van der Waals surface area contributed by atoms with Crippen LogP contribution in [0.2, 0.25) is 0 Å². The zero-order valence-electron chi connectivity index (χ0n) is 9.29. The third kappa shape index (κ3) is 2.35. The van der Waals surface area contributed by atoms with Crippen LogP contribution in [0.5, 0.6) is 0 Å². The molecular formula is C13H17ClO. The molecule has 0 bridgehead atoms. The molecule has 0 N–H and O–H groups in total. The van der Waals surface area contributed by atoms with Crippen molar-refractivity contribution in [3.05, 3.63) is 34.9 Å². The molecule has 1 nitrogen and oxygen atoms in total. The van der Waals surface area contributed by atoms with Crippen molar-refractivity contribution in [1.29, 1.82) is 0 Å². The molecule has 2 rings (SSSR count). The van der Waals surface area contributed by atoms with Crippen molar-refractivity contribution >= 4 is 11.6 Å². The monoisotopic (exact) mass is 224 g/mol. The third-order valence-electron chi connectivity index (χ3n) is 3.08. The molecule has 1 aromatic carbocycles. The molecule has 2 unspecified atom stereocenters. The highest BCUT2D eigenvalue weighted by atomic mass is 35.5. The Bertz CT molecular complexity index is 328. The van der Waals surface area contributed by atoms with Gasteiger partial charge in [0.05, 0.1) is 6.10 Å². The molecule has 2 heteroatoms. The Labute approximate surface area is 96.4 Å². The minimum Gasteiger partial charge on any atom is -0.373 e. The molecule has 0 saturated carbocycles. The molecule has 1 heterocycles. The van der Waals surface area contributed by atoms with Gasteiger partial charge in [-0.1, -0.05) is 18.2 Å². The standard InChI is InChI=1S/C13H17ClO/c1-9-4-3-5-10(2)13(9)12-8-11(14)6-7-15-12/h3-5,11-12H,6-8H2,1-2H3. The zero-order valence-corrected chi connectivity index (χ0v) is 10.1. The Balaban J connectivity index is 2.28.